The molecule has 2 aromatic heterocycles. The topological polar surface area (TPSA) is 77.3 Å². The zero-order chi connectivity index (χ0) is 23.0. The minimum absolute atomic E-state index is 0.211. The van der Waals surface area contributed by atoms with Gasteiger partial charge in [0, 0.05) is 22.7 Å². The van der Waals surface area contributed by atoms with Gasteiger partial charge in [-0.05, 0) is 43.2 Å². The van der Waals surface area contributed by atoms with Crippen LogP contribution in [-0.4, -0.2) is 26.5 Å². The number of amides is 1. The molecule has 0 saturated carbocycles. The second kappa shape index (κ2) is 8.53. The molecule has 1 atom stereocenters. The fraction of sp³-hybridized carbons (Fsp3) is 0.280. The summed E-state index contributed by atoms with van der Waals surface area (Å²) in [6, 6.07) is 18.8. The molecule has 5 rings (SSSR count). The number of carbonyl (C=O) groups is 1. The monoisotopic (exact) mass is 460 g/mol. The molecule has 1 aliphatic heterocycles. The van der Waals surface area contributed by atoms with Crippen LogP contribution in [0.3, 0.4) is 0 Å². The van der Waals surface area contributed by atoms with Crippen LogP contribution in [0.15, 0.2) is 65.5 Å². The number of hydrogen-bond acceptors (Lipinski definition) is 6. The summed E-state index contributed by atoms with van der Waals surface area (Å²) in [6.45, 7) is 4.40. The molecule has 0 bridgehead atoms. The predicted molar refractivity (Wildman–Crippen MR) is 129 cm³/mol. The largest absolute Gasteiger partial charge is 0.369 e. The van der Waals surface area contributed by atoms with E-state index in [2.05, 4.69) is 24.2 Å². The van der Waals surface area contributed by atoms with Gasteiger partial charge < -0.3 is 4.74 Å². The summed E-state index contributed by atoms with van der Waals surface area (Å²) in [7, 11) is 0. The molecule has 4 aromatic rings. The smallest absolute Gasteiger partial charge is 0.279 e. The lowest BCUT2D eigenvalue weighted by molar-refractivity contribution is -0.118. The van der Waals surface area contributed by atoms with Gasteiger partial charge in [-0.2, -0.15) is 0 Å². The van der Waals surface area contributed by atoms with Gasteiger partial charge in [-0.1, -0.05) is 48.5 Å². The van der Waals surface area contributed by atoms with Crippen LogP contribution >= 0.6 is 11.3 Å². The third-order valence-corrected chi connectivity index (χ3v) is 7.27. The number of ether oxygens (including phenoxy) is 1. The Balaban J connectivity index is 1.53. The van der Waals surface area contributed by atoms with Crippen LogP contribution in [0.25, 0.3) is 10.2 Å². The number of hydrogen-bond donors (Lipinski definition) is 0. The van der Waals surface area contributed by atoms with Crippen molar-refractivity contribution in [2.24, 2.45) is 0 Å². The first-order valence-electron chi connectivity index (χ1n) is 10.9. The van der Waals surface area contributed by atoms with Crippen molar-refractivity contribution >= 4 is 38.8 Å². The number of thiophene rings is 1. The van der Waals surface area contributed by atoms with Gasteiger partial charge in [0.1, 0.15) is 6.54 Å². The average molecular weight is 461 g/mol. The average Bonchev–Trinajstić information content (AvgIpc) is 3.20. The van der Waals surface area contributed by atoms with E-state index in [1.807, 2.05) is 60.7 Å². The second-order valence-corrected chi connectivity index (χ2v) is 9.49. The van der Waals surface area contributed by atoms with Crippen LogP contribution in [0.1, 0.15) is 30.7 Å². The van der Waals surface area contributed by atoms with Crippen LogP contribution in [0.4, 0.5) is 11.4 Å². The van der Waals surface area contributed by atoms with E-state index in [-0.39, 0.29) is 23.6 Å². The molecule has 0 radical (unpaired) electrons. The van der Waals surface area contributed by atoms with Crippen LogP contribution in [-0.2, 0) is 29.1 Å². The van der Waals surface area contributed by atoms with Crippen LogP contribution in [0, 0.1) is 0 Å². The number of anilines is 2. The van der Waals surface area contributed by atoms with E-state index in [0.29, 0.717) is 23.2 Å². The standard InChI is InChI=1S/C25H24N4O3S/c1-3-25(2)14-19-20(16-32-25)33-23-22(19)24(31)28(27-26-23)15-21(30)29(17-10-6-4-7-11-17)18-12-8-5-9-13-18/h4-13H,3,14-16H2,1-2H3. The van der Waals surface area contributed by atoms with E-state index in [1.165, 1.54) is 16.0 Å². The molecule has 2 aromatic carbocycles. The number of nitrogens with zero attached hydrogens (tertiary/aromatic N) is 4. The molecule has 1 amide bonds. The van der Waals surface area contributed by atoms with Gasteiger partial charge >= 0.3 is 0 Å². The lowest BCUT2D eigenvalue weighted by atomic mass is 9.90. The molecule has 8 heteroatoms. The van der Waals surface area contributed by atoms with Gasteiger partial charge in [0.05, 0.1) is 17.6 Å². The minimum Gasteiger partial charge on any atom is -0.369 e. The van der Waals surface area contributed by atoms with Gasteiger partial charge in [0.15, 0.2) is 4.83 Å². The molecular formula is C25H24N4O3S. The van der Waals surface area contributed by atoms with Crippen molar-refractivity contribution in [3.05, 3.63) is 81.5 Å². The highest BCUT2D eigenvalue weighted by Gasteiger charge is 2.33. The number of fused-ring (bicyclic) bond motifs is 3. The van der Waals surface area contributed by atoms with Crippen molar-refractivity contribution in [3.8, 4) is 0 Å². The molecule has 168 valence electrons. The number of carbonyl (C=O) groups excluding carboxylic acids is 1. The van der Waals surface area contributed by atoms with Crippen molar-refractivity contribution in [3.63, 3.8) is 0 Å². The van der Waals surface area contributed by atoms with Crippen LogP contribution in [0.5, 0.6) is 0 Å². The summed E-state index contributed by atoms with van der Waals surface area (Å²) >= 11 is 1.45. The van der Waals surface area contributed by atoms with Gasteiger partial charge in [-0.25, -0.2) is 4.68 Å². The molecule has 1 unspecified atom stereocenters. The molecular weight excluding hydrogens is 436 g/mol. The maximum absolute atomic E-state index is 13.5. The van der Waals surface area contributed by atoms with Gasteiger partial charge in [0.2, 0.25) is 0 Å². The lowest BCUT2D eigenvalue weighted by Crippen LogP contribution is -2.36. The summed E-state index contributed by atoms with van der Waals surface area (Å²) in [5.74, 6) is -0.269. The van der Waals surface area contributed by atoms with Crippen molar-refractivity contribution in [1.82, 2.24) is 15.0 Å². The maximum Gasteiger partial charge on any atom is 0.279 e. The Morgan fingerprint density at radius 3 is 2.36 bits per heavy atom. The first kappa shape index (κ1) is 21.5. The molecule has 0 spiro atoms. The SMILES string of the molecule is CCC1(C)Cc2c(sc3nnn(CC(=O)N(c4ccccc4)c4ccccc4)c(=O)c23)CO1. The van der Waals surface area contributed by atoms with Crippen molar-refractivity contribution in [1.29, 1.82) is 0 Å². The molecule has 33 heavy (non-hydrogen) atoms. The molecule has 0 fully saturated rings. The zero-order valence-corrected chi connectivity index (χ0v) is 19.3. The Kier molecular flexibility index (Phi) is 5.55. The number of benzene rings is 2. The summed E-state index contributed by atoms with van der Waals surface area (Å²) in [4.78, 5) is 30.1. The molecule has 1 aliphatic rings. The number of aromatic nitrogens is 3. The number of para-hydroxylation sites is 2. The highest BCUT2D eigenvalue weighted by atomic mass is 32.1. The molecule has 7 nitrogen and oxygen atoms in total. The van der Waals surface area contributed by atoms with Crippen molar-refractivity contribution in [2.75, 3.05) is 4.90 Å². The molecule has 3 heterocycles. The van der Waals surface area contributed by atoms with E-state index in [1.54, 1.807) is 4.90 Å². The van der Waals surface area contributed by atoms with Crippen molar-refractivity contribution < 1.29 is 9.53 Å². The zero-order valence-electron chi connectivity index (χ0n) is 18.5. The quantitative estimate of drug-likeness (QED) is 0.439. The summed E-state index contributed by atoms with van der Waals surface area (Å²) < 4.78 is 7.20. The van der Waals surface area contributed by atoms with Crippen molar-refractivity contribution in [2.45, 2.75) is 45.4 Å². The summed E-state index contributed by atoms with van der Waals surface area (Å²) in [5.41, 5.74) is 1.83. The highest BCUT2D eigenvalue weighted by molar-refractivity contribution is 7.18. The van der Waals surface area contributed by atoms with Gasteiger partial charge in [-0.15, -0.1) is 16.4 Å². The normalized spacial score (nSPS) is 17.6. The van der Waals surface area contributed by atoms with Crippen LogP contribution in [0.2, 0.25) is 0 Å². The molecule has 0 N–H and O–H groups in total. The van der Waals surface area contributed by atoms with Crippen LogP contribution < -0.4 is 10.5 Å². The Hall–Kier alpha value is -3.36. The fourth-order valence-electron chi connectivity index (χ4n) is 4.14. The highest BCUT2D eigenvalue weighted by Crippen LogP contribution is 2.38. The number of rotatable bonds is 5. The fourth-order valence-corrected chi connectivity index (χ4v) is 5.18. The van der Waals surface area contributed by atoms with E-state index in [4.69, 9.17) is 4.74 Å². The molecule has 0 saturated heterocycles. The Bertz CT molecular complexity index is 1330. The first-order valence-corrected chi connectivity index (χ1v) is 11.8. The first-order chi connectivity index (χ1) is 16.0. The van der Waals surface area contributed by atoms with Gasteiger partial charge in [-0.3, -0.25) is 14.5 Å². The van der Waals surface area contributed by atoms with Gasteiger partial charge in [0.25, 0.3) is 11.5 Å². The van der Waals surface area contributed by atoms with E-state index in [0.717, 1.165) is 28.2 Å². The summed E-state index contributed by atoms with van der Waals surface area (Å²) in [6.07, 6.45) is 1.49. The maximum atomic E-state index is 13.5. The third kappa shape index (κ3) is 3.96. The summed E-state index contributed by atoms with van der Waals surface area (Å²) in [5, 5.41) is 8.94. The Morgan fingerprint density at radius 2 is 1.76 bits per heavy atom. The third-order valence-electron chi connectivity index (χ3n) is 6.18. The van der Waals surface area contributed by atoms with E-state index in [9.17, 15) is 9.59 Å². The van der Waals surface area contributed by atoms with E-state index >= 15 is 0 Å². The Labute approximate surface area is 195 Å². The molecule has 0 aliphatic carbocycles. The predicted octanol–water partition coefficient (Wildman–Crippen LogP) is 4.46. The Morgan fingerprint density at radius 1 is 1.12 bits per heavy atom. The second-order valence-electron chi connectivity index (χ2n) is 8.41. The lowest BCUT2D eigenvalue weighted by Gasteiger charge is -2.32. The van der Waals surface area contributed by atoms with E-state index < -0.39 is 0 Å². The minimum atomic E-state index is -0.311.